The number of nitrogens with zero attached hydrogens (tertiary/aromatic N) is 6. The first-order valence-corrected chi connectivity index (χ1v) is 13.3. The van der Waals surface area contributed by atoms with Crippen molar-refractivity contribution in [2.75, 3.05) is 43.6 Å². The fourth-order valence-corrected chi connectivity index (χ4v) is 5.22. The Morgan fingerprint density at radius 2 is 1.93 bits per heavy atom. The molecule has 1 aliphatic carbocycles. The molecule has 12 heteroatoms. The molecule has 1 saturated heterocycles. The summed E-state index contributed by atoms with van der Waals surface area (Å²) < 4.78 is 40.1. The maximum absolute atomic E-state index is 14.1. The van der Waals surface area contributed by atoms with E-state index in [1.165, 1.54) is 11.7 Å². The molecule has 3 aromatic heterocycles. The second-order valence-electron chi connectivity index (χ2n) is 10.0. The molecule has 0 radical (unpaired) electrons. The molecular weight excluding hydrogens is 520 g/mol. The van der Waals surface area contributed by atoms with Gasteiger partial charge in [0.05, 0.1) is 31.4 Å². The van der Waals surface area contributed by atoms with Gasteiger partial charge < -0.3 is 19.7 Å². The van der Waals surface area contributed by atoms with Gasteiger partial charge in [0, 0.05) is 49.4 Å². The number of hydrogen-bond acceptors (Lipinski definition) is 9. The number of methoxy groups -OCH3 is 1. The number of rotatable bonds is 9. The number of halogens is 2. The summed E-state index contributed by atoms with van der Waals surface area (Å²) in [5.41, 5.74) is 1.58. The molecule has 208 valence electrons. The van der Waals surface area contributed by atoms with Gasteiger partial charge in [-0.25, -0.2) is 18.7 Å². The number of morpholine rings is 1. The number of anilines is 2. The summed E-state index contributed by atoms with van der Waals surface area (Å²) in [7, 11) is 1.53. The first-order valence-electron chi connectivity index (χ1n) is 13.3. The van der Waals surface area contributed by atoms with Crippen LogP contribution in [0.25, 0.3) is 16.9 Å². The Bertz CT molecular complexity index is 1500. The van der Waals surface area contributed by atoms with Gasteiger partial charge in [-0.15, -0.1) is 0 Å². The molecule has 1 aromatic carbocycles. The van der Waals surface area contributed by atoms with Crippen molar-refractivity contribution in [1.82, 2.24) is 24.5 Å². The maximum atomic E-state index is 14.1. The zero-order valence-corrected chi connectivity index (χ0v) is 22.0. The highest BCUT2D eigenvalue weighted by molar-refractivity contribution is 5.96. The predicted octanol–water partition coefficient (Wildman–Crippen LogP) is 4.46. The van der Waals surface area contributed by atoms with Crippen LogP contribution in [0.2, 0.25) is 0 Å². The zero-order chi connectivity index (χ0) is 27.6. The molecule has 2 aliphatic rings. The topological polar surface area (TPSA) is 107 Å². The molecule has 2 fully saturated rings. The van der Waals surface area contributed by atoms with E-state index in [1.807, 2.05) is 4.90 Å². The second-order valence-corrected chi connectivity index (χ2v) is 10.0. The Labute approximate surface area is 229 Å². The van der Waals surface area contributed by atoms with Crippen LogP contribution in [-0.2, 0) is 4.74 Å². The van der Waals surface area contributed by atoms with E-state index in [-0.39, 0.29) is 23.6 Å². The summed E-state index contributed by atoms with van der Waals surface area (Å²) in [6.07, 6.45) is 0.768. The van der Waals surface area contributed by atoms with Crippen LogP contribution in [0.1, 0.15) is 41.9 Å². The van der Waals surface area contributed by atoms with Crippen molar-refractivity contribution in [2.45, 2.75) is 31.7 Å². The molecule has 4 heterocycles. The molecule has 6 rings (SSSR count). The van der Waals surface area contributed by atoms with Crippen LogP contribution in [0, 0.1) is 5.92 Å². The average Bonchev–Trinajstić information content (AvgIpc) is 3.36. The van der Waals surface area contributed by atoms with E-state index in [0.717, 1.165) is 12.8 Å². The number of pyridine rings is 1. The van der Waals surface area contributed by atoms with Gasteiger partial charge in [-0.3, -0.25) is 9.36 Å². The van der Waals surface area contributed by atoms with Crippen molar-refractivity contribution in [1.29, 1.82) is 0 Å². The van der Waals surface area contributed by atoms with Gasteiger partial charge in [-0.2, -0.15) is 9.97 Å². The van der Waals surface area contributed by atoms with Crippen molar-refractivity contribution in [3.63, 3.8) is 0 Å². The van der Waals surface area contributed by atoms with Gasteiger partial charge in [0.15, 0.2) is 11.6 Å². The zero-order valence-electron chi connectivity index (χ0n) is 22.0. The predicted molar refractivity (Wildman–Crippen MR) is 145 cm³/mol. The van der Waals surface area contributed by atoms with E-state index < -0.39 is 6.43 Å². The van der Waals surface area contributed by atoms with Crippen LogP contribution in [-0.4, -0.2) is 69.7 Å². The molecule has 0 bridgehead atoms. The Kier molecular flexibility index (Phi) is 7.25. The number of imidazole rings is 1. The van der Waals surface area contributed by atoms with Crippen LogP contribution < -0.4 is 15.0 Å². The third-order valence-electron chi connectivity index (χ3n) is 7.33. The molecule has 0 unspecified atom stereocenters. The number of hydrogen-bond donors (Lipinski definition) is 1. The van der Waals surface area contributed by atoms with Gasteiger partial charge in [0.25, 0.3) is 6.43 Å². The van der Waals surface area contributed by atoms with E-state index in [2.05, 4.69) is 15.3 Å². The molecule has 0 spiro atoms. The van der Waals surface area contributed by atoms with E-state index in [4.69, 9.17) is 19.4 Å². The molecule has 10 nitrogen and oxygen atoms in total. The number of carbonyl (C=O) groups excluding carboxylic acids is 1. The molecule has 40 heavy (non-hydrogen) atoms. The highest BCUT2D eigenvalue weighted by atomic mass is 19.3. The number of fused-ring (bicyclic) bond motifs is 1. The van der Waals surface area contributed by atoms with Gasteiger partial charge in [0.2, 0.25) is 11.8 Å². The maximum Gasteiger partial charge on any atom is 0.296 e. The van der Waals surface area contributed by atoms with E-state index in [9.17, 15) is 13.6 Å². The molecule has 0 atom stereocenters. The SMILES string of the molecule is COc1ccc(C(=O)CC2CC(Nc3cc(-n4c(C(F)F)nc5ccccc54)nc(N4CCOCC4)n3)C2)cn1. The van der Waals surface area contributed by atoms with Crippen LogP contribution >= 0.6 is 0 Å². The normalized spacial score (nSPS) is 19.1. The number of para-hydroxylation sites is 2. The fraction of sp³-hybridized carbons (Fsp3) is 0.393. The third kappa shape index (κ3) is 5.31. The minimum Gasteiger partial charge on any atom is -0.481 e. The highest BCUT2D eigenvalue weighted by Gasteiger charge is 2.32. The lowest BCUT2D eigenvalue weighted by molar-refractivity contribution is 0.0930. The summed E-state index contributed by atoms with van der Waals surface area (Å²) in [6, 6.07) is 12.2. The number of benzene rings is 1. The number of carbonyl (C=O) groups is 1. The van der Waals surface area contributed by atoms with Crippen LogP contribution in [0.5, 0.6) is 5.88 Å². The van der Waals surface area contributed by atoms with Crippen molar-refractivity contribution in [3.8, 4) is 11.7 Å². The number of nitrogens with one attached hydrogen (secondary N) is 1. The first-order chi connectivity index (χ1) is 19.5. The van der Waals surface area contributed by atoms with Crippen molar-refractivity contribution in [2.24, 2.45) is 5.92 Å². The Morgan fingerprint density at radius 1 is 1.12 bits per heavy atom. The fourth-order valence-electron chi connectivity index (χ4n) is 5.22. The standard InChI is InChI=1S/C28H29F2N7O3/c1-39-25-7-6-18(16-31-25)22(38)14-17-12-19(13-17)32-23-15-24(35-28(34-23)36-8-10-40-11-9-36)37-21-5-3-2-4-20(21)33-27(37)26(29)30/h2-7,15-17,19,26H,8-14H2,1H3,(H,32,34,35). The van der Waals surface area contributed by atoms with Crippen LogP contribution in [0.4, 0.5) is 20.5 Å². The number of ether oxygens (including phenoxy) is 2. The Morgan fingerprint density at radius 3 is 2.65 bits per heavy atom. The molecular formula is C28H29F2N7O3. The van der Waals surface area contributed by atoms with Gasteiger partial charge in [-0.1, -0.05) is 12.1 Å². The molecule has 1 aliphatic heterocycles. The van der Waals surface area contributed by atoms with Gasteiger partial charge >= 0.3 is 0 Å². The van der Waals surface area contributed by atoms with E-state index in [0.29, 0.717) is 72.8 Å². The minimum atomic E-state index is -2.78. The Hall–Kier alpha value is -4.19. The van der Waals surface area contributed by atoms with E-state index >= 15 is 0 Å². The molecule has 1 saturated carbocycles. The largest absolute Gasteiger partial charge is 0.481 e. The van der Waals surface area contributed by atoms with Gasteiger partial charge in [-0.05, 0) is 37.0 Å². The first kappa shape index (κ1) is 26.1. The lowest BCUT2D eigenvalue weighted by atomic mass is 9.76. The average molecular weight is 550 g/mol. The van der Waals surface area contributed by atoms with Gasteiger partial charge in [0.1, 0.15) is 11.6 Å². The molecule has 1 N–H and O–H groups in total. The van der Waals surface area contributed by atoms with Crippen LogP contribution in [0.15, 0.2) is 48.7 Å². The second kappa shape index (κ2) is 11.1. The smallest absolute Gasteiger partial charge is 0.296 e. The number of aromatic nitrogens is 5. The van der Waals surface area contributed by atoms with Crippen LogP contribution in [0.3, 0.4) is 0 Å². The van der Waals surface area contributed by atoms with E-state index in [1.54, 1.807) is 48.7 Å². The quantitative estimate of drug-likeness (QED) is 0.303. The minimum absolute atomic E-state index is 0.0454. The Balaban J connectivity index is 1.22. The third-order valence-corrected chi connectivity index (χ3v) is 7.33. The van der Waals surface area contributed by atoms with Crippen molar-refractivity contribution >= 4 is 28.6 Å². The lowest BCUT2D eigenvalue weighted by Gasteiger charge is -2.36. The number of Topliss-reactive ketones (excluding diaryl/α,β-unsaturated/α-hetero) is 1. The van der Waals surface area contributed by atoms with Crippen molar-refractivity contribution in [3.05, 3.63) is 60.0 Å². The molecule has 0 amide bonds. The summed E-state index contributed by atoms with van der Waals surface area (Å²) in [4.78, 5) is 32.4. The van der Waals surface area contributed by atoms with Crippen molar-refractivity contribution < 1.29 is 23.0 Å². The number of ketones is 1. The summed E-state index contributed by atoms with van der Waals surface area (Å²) >= 11 is 0. The summed E-state index contributed by atoms with van der Waals surface area (Å²) in [6.45, 7) is 2.27. The highest BCUT2D eigenvalue weighted by Crippen LogP contribution is 2.35. The monoisotopic (exact) mass is 549 g/mol. The lowest BCUT2D eigenvalue weighted by Crippen LogP contribution is -2.39. The summed E-state index contributed by atoms with van der Waals surface area (Å²) in [5, 5.41) is 3.44. The summed E-state index contributed by atoms with van der Waals surface area (Å²) in [5.74, 6) is 1.68. The molecule has 4 aromatic rings. The number of alkyl halides is 2.